The number of benzene rings is 3. The summed E-state index contributed by atoms with van der Waals surface area (Å²) in [5.41, 5.74) is 2.77. The third-order valence-electron chi connectivity index (χ3n) is 4.14. The van der Waals surface area contributed by atoms with Crippen LogP contribution in [0, 0.1) is 11.6 Å². The second-order valence-electron chi connectivity index (χ2n) is 6.05. The highest BCUT2D eigenvalue weighted by Crippen LogP contribution is 2.26. The molecule has 0 spiro atoms. The Balaban J connectivity index is 1.60. The smallest absolute Gasteiger partial charge is 0.261 e. The lowest BCUT2D eigenvalue weighted by Gasteiger charge is -2.08. The lowest BCUT2D eigenvalue weighted by atomic mass is 10.1. The van der Waals surface area contributed by atoms with E-state index < -0.39 is 15.8 Å². The van der Waals surface area contributed by atoms with Gasteiger partial charge in [-0.05, 0) is 60.2 Å². The van der Waals surface area contributed by atoms with Gasteiger partial charge in [0.05, 0.1) is 4.90 Å². The number of rotatable bonds is 4. The molecule has 27 heavy (non-hydrogen) atoms. The molecule has 4 nitrogen and oxygen atoms in total. The predicted molar refractivity (Wildman–Crippen MR) is 101 cm³/mol. The Bertz CT molecular complexity index is 1230. The first-order valence-corrected chi connectivity index (χ1v) is 9.56. The summed E-state index contributed by atoms with van der Waals surface area (Å²) < 4.78 is 53.7. The lowest BCUT2D eigenvalue weighted by molar-refractivity contribution is 0.595. The highest BCUT2D eigenvalue weighted by atomic mass is 32.2. The van der Waals surface area contributed by atoms with Crippen molar-refractivity contribution in [3.05, 3.63) is 84.4 Å². The van der Waals surface area contributed by atoms with Gasteiger partial charge in [0.15, 0.2) is 0 Å². The minimum atomic E-state index is -3.88. The van der Waals surface area contributed by atoms with E-state index in [-0.39, 0.29) is 10.7 Å². The predicted octanol–water partition coefficient (Wildman–Crippen LogP) is 4.91. The Kier molecular flexibility index (Phi) is 4.16. The normalized spacial score (nSPS) is 11.6. The fourth-order valence-corrected chi connectivity index (χ4v) is 3.91. The Labute approximate surface area is 154 Å². The number of H-pyrrole nitrogens is 1. The molecule has 1 aromatic heterocycles. The van der Waals surface area contributed by atoms with Crippen molar-refractivity contribution in [3.8, 4) is 11.3 Å². The number of anilines is 1. The molecule has 7 heteroatoms. The monoisotopic (exact) mass is 384 g/mol. The van der Waals surface area contributed by atoms with E-state index in [4.69, 9.17) is 0 Å². The van der Waals surface area contributed by atoms with E-state index in [2.05, 4.69) is 9.71 Å². The van der Waals surface area contributed by atoms with Crippen LogP contribution in [0.25, 0.3) is 22.2 Å². The summed E-state index contributed by atoms with van der Waals surface area (Å²) in [5, 5.41) is 0.751. The van der Waals surface area contributed by atoms with Gasteiger partial charge in [-0.3, -0.25) is 4.72 Å². The van der Waals surface area contributed by atoms with Gasteiger partial charge in [0.2, 0.25) is 0 Å². The van der Waals surface area contributed by atoms with E-state index in [1.54, 1.807) is 30.3 Å². The van der Waals surface area contributed by atoms with Crippen LogP contribution in [-0.4, -0.2) is 13.4 Å². The zero-order valence-corrected chi connectivity index (χ0v) is 14.7. The Hall–Kier alpha value is -3.19. The largest absolute Gasteiger partial charge is 0.355 e. The van der Waals surface area contributed by atoms with Crippen LogP contribution in [0.15, 0.2) is 77.7 Å². The van der Waals surface area contributed by atoms with Crippen LogP contribution in [0.2, 0.25) is 0 Å². The summed E-state index contributed by atoms with van der Waals surface area (Å²) in [6.07, 6.45) is 0. The first-order chi connectivity index (χ1) is 12.9. The summed E-state index contributed by atoms with van der Waals surface area (Å²) in [6.45, 7) is 0. The Morgan fingerprint density at radius 3 is 2.30 bits per heavy atom. The minimum Gasteiger partial charge on any atom is -0.355 e. The van der Waals surface area contributed by atoms with E-state index in [1.807, 2.05) is 6.07 Å². The van der Waals surface area contributed by atoms with Crippen molar-refractivity contribution >= 4 is 26.6 Å². The van der Waals surface area contributed by atoms with Gasteiger partial charge in [0.25, 0.3) is 10.0 Å². The fourth-order valence-electron chi connectivity index (χ4n) is 2.83. The van der Waals surface area contributed by atoms with Gasteiger partial charge in [-0.1, -0.05) is 18.2 Å². The molecule has 0 fully saturated rings. The zero-order valence-electron chi connectivity index (χ0n) is 13.9. The van der Waals surface area contributed by atoms with Crippen LogP contribution in [0.5, 0.6) is 0 Å². The molecule has 136 valence electrons. The van der Waals surface area contributed by atoms with E-state index in [9.17, 15) is 17.2 Å². The molecule has 0 saturated carbocycles. The lowest BCUT2D eigenvalue weighted by Crippen LogP contribution is -2.13. The number of sulfonamides is 1. The van der Waals surface area contributed by atoms with E-state index in [1.165, 1.54) is 30.3 Å². The van der Waals surface area contributed by atoms with Crippen LogP contribution in [0.4, 0.5) is 14.5 Å². The van der Waals surface area contributed by atoms with Crippen molar-refractivity contribution in [3.63, 3.8) is 0 Å². The molecule has 1 heterocycles. The summed E-state index contributed by atoms with van der Waals surface area (Å²) in [4.78, 5) is 3.04. The fraction of sp³-hybridized carbons (Fsp3) is 0. The molecule has 3 aromatic carbocycles. The number of hydrogen-bond acceptors (Lipinski definition) is 2. The van der Waals surface area contributed by atoms with Crippen LogP contribution >= 0.6 is 0 Å². The molecule has 0 radical (unpaired) electrons. The molecular formula is C20H14F2N2O2S. The number of halogens is 2. The first kappa shape index (κ1) is 17.2. The van der Waals surface area contributed by atoms with Crippen molar-refractivity contribution in [1.82, 2.24) is 4.98 Å². The van der Waals surface area contributed by atoms with Crippen LogP contribution in [0.3, 0.4) is 0 Å². The standard InChI is InChI=1S/C20H14F2N2O2S/c21-15-2-1-3-18(12-15)27(25,26)24-17-7-4-13(5-8-17)20-11-14-10-16(22)6-9-19(14)23-20/h1-12,23-24H. The SMILES string of the molecule is O=S(=O)(Nc1ccc(-c2cc3cc(F)ccc3[nH]2)cc1)c1cccc(F)c1. The van der Waals surface area contributed by atoms with Gasteiger partial charge in [-0.25, -0.2) is 17.2 Å². The highest BCUT2D eigenvalue weighted by molar-refractivity contribution is 7.92. The molecule has 0 aliphatic carbocycles. The molecular weight excluding hydrogens is 370 g/mol. The van der Waals surface area contributed by atoms with Crippen molar-refractivity contribution < 1.29 is 17.2 Å². The summed E-state index contributed by atoms with van der Waals surface area (Å²) in [5.74, 6) is -0.932. The molecule has 0 bridgehead atoms. The average Bonchev–Trinajstić information content (AvgIpc) is 3.05. The number of hydrogen-bond donors (Lipinski definition) is 2. The van der Waals surface area contributed by atoms with Crippen LogP contribution in [0.1, 0.15) is 0 Å². The molecule has 0 aliphatic rings. The zero-order chi connectivity index (χ0) is 19.0. The third-order valence-corrected chi connectivity index (χ3v) is 5.52. The summed E-state index contributed by atoms with van der Waals surface area (Å²) in [6, 6.07) is 17.8. The van der Waals surface area contributed by atoms with Crippen molar-refractivity contribution in [1.29, 1.82) is 0 Å². The van der Waals surface area contributed by atoms with Crippen LogP contribution < -0.4 is 4.72 Å². The van der Waals surface area contributed by atoms with Crippen molar-refractivity contribution in [2.24, 2.45) is 0 Å². The number of aromatic nitrogens is 1. The molecule has 2 N–H and O–H groups in total. The van der Waals surface area contributed by atoms with Gasteiger partial charge in [0.1, 0.15) is 11.6 Å². The second-order valence-corrected chi connectivity index (χ2v) is 7.74. The Morgan fingerprint density at radius 1 is 0.815 bits per heavy atom. The van der Waals surface area contributed by atoms with Gasteiger partial charge in [-0.15, -0.1) is 0 Å². The molecule has 0 aliphatic heterocycles. The molecule has 0 saturated heterocycles. The highest BCUT2D eigenvalue weighted by Gasteiger charge is 2.15. The first-order valence-electron chi connectivity index (χ1n) is 8.08. The molecule has 0 amide bonds. The molecule has 0 unspecified atom stereocenters. The number of nitrogens with one attached hydrogen (secondary N) is 2. The van der Waals surface area contributed by atoms with Gasteiger partial charge in [-0.2, -0.15) is 0 Å². The maximum Gasteiger partial charge on any atom is 0.261 e. The van der Waals surface area contributed by atoms with E-state index >= 15 is 0 Å². The molecule has 0 atom stereocenters. The quantitative estimate of drug-likeness (QED) is 0.525. The van der Waals surface area contributed by atoms with E-state index in [0.717, 1.165) is 28.2 Å². The van der Waals surface area contributed by atoms with Crippen LogP contribution in [-0.2, 0) is 10.0 Å². The molecule has 4 aromatic rings. The second kappa shape index (κ2) is 6.51. The maximum absolute atomic E-state index is 13.3. The van der Waals surface area contributed by atoms with Gasteiger partial charge in [0, 0.05) is 22.3 Å². The summed E-state index contributed by atoms with van der Waals surface area (Å²) >= 11 is 0. The van der Waals surface area contributed by atoms with Gasteiger partial charge >= 0.3 is 0 Å². The topological polar surface area (TPSA) is 62.0 Å². The van der Waals surface area contributed by atoms with E-state index in [0.29, 0.717) is 5.69 Å². The number of aromatic amines is 1. The molecule has 4 rings (SSSR count). The number of fused-ring (bicyclic) bond motifs is 1. The minimum absolute atomic E-state index is 0.149. The van der Waals surface area contributed by atoms with Crippen molar-refractivity contribution in [2.75, 3.05) is 4.72 Å². The van der Waals surface area contributed by atoms with Gasteiger partial charge < -0.3 is 4.98 Å². The summed E-state index contributed by atoms with van der Waals surface area (Å²) in [7, 11) is -3.88. The maximum atomic E-state index is 13.3. The van der Waals surface area contributed by atoms with Crippen molar-refractivity contribution in [2.45, 2.75) is 4.90 Å². The third kappa shape index (κ3) is 3.54. The Morgan fingerprint density at radius 2 is 1.56 bits per heavy atom. The average molecular weight is 384 g/mol.